The fourth-order valence-corrected chi connectivity index (χ4v) is 6.49. The van der Waals surface area contributed by atoms with E-state index in [0.29, 0.717) is 0 Å². The van der Waals surface area contributed by atoms with E-state index in [-0.39, 0.29) is 26.0 Å². The maximum Gasteiger partial charge on any atom is 0.187 e. The molecule has 0 aromatic heterocycles. The van der Waals surface area contributed by atoms with E-state index in [1.807, 2.05) is 0 Å². The number of nitrogens with two attached hydrogens (primary N) is 5. The smallest absolute Gasteiger partial charge is 0.187 e. The molecule has 44 heavy (non-hydrogen) atoms. The van der Waals surface area contributed by atoms with Crippen LogP contribution in [-0.2, 0) is 33.2 Å². The van der Waals surface area contributed by atoms with Gasteiger partial charge in [0, 0.05) is 25.2 Å². The van der Waals surface area contributed by atoms with Crippen LogP contribution in [0.1, 0.15) is 12.8 Å². The topological polar surface area (TPSA) is 336 Å². The minimum Gasteiger partial charge on any atom is -0.394 e. The standard InChI is InChI=1S/C25H47N5O14/c26-4-9-14(34)15(35)11(29)23(39-9)43-20-10(5-31)40-25(17(20)37)44-22-13(33)6(27)3-7(28)18(22)41-24-12(30)16(36)21-19(42-24)8(32)1-2-38-21/h6-25,31-37H,1-5,26-30H2/t6-,7+,8-,9+,10-,11-,12-,13+,14-,15-,16-,17-,18-,19-,20-,21+,22-,23-,24+,25+/m1/s1. The van der Waals surface area contributed by atoms with Crippen LogP contribution in [-0.4, -0.2) is 178 Å². The van der Waals surface area contributed by atoms with Gasteiger partial charge in [-0.1, -0.05) is 0 Å². The third-order valence-corrected chi connectivity index (χ3v) is 9.15. The summed E-state index contributed by atoms with van der Waals surface area (Å²) in [6.45, 7) is -0.590. The Morgan fingerprint density at radius 2 is 1.23 bits per heavy atom. The number of ether oxygens (including phenoxy) is 7. The van der Waals surface area contributed by atoms with E-state index in [4.69, 9.17) is 61.8 Å². The van der Waals surface area contributed by atoms with E-state index in [9.17, 15) is 35.7 Å². The van der Waals surface area contributed by atoms with Gasteiger partial charge in [0.05, 0.1) is 30.9 Å². The van der Waals surface area contributed by atoms with Gasteiger partial charge in [0.1, 0.15) is 67.1 Å². The minimum absolute atomic E-state index is 0.0977. The van der Waals surface area contributed by atoms with Gasteiger partial charge >= 0.3 is 0 Å². The van der Waals surface area contributed by atoms with Crippen molar-refractivity contribution in [2.24, 2.45) is 28.7 Å². The van der Waals surface area contributed by atoms with Crippen LogP contribution in [0.5, 0.6) is 0 Å². The van der Waals surface area contributed by atoms with Crippen LogP contribution in [0.25, 0.3) is 0 Å². The second-order valence-electron chi connectivity index (χ2n) is 12.1. The lowest BCUT2D eigenvalue weighted by atomic mass is 9.84. The number of hydrogen-bond donors (Lipinski definition) is 12. The van der Waals surface area contributed by atoms with Crippen LogP contribution in [0, 0.1) is 0 Å². The monoisotopic (exact) mass is 641 g/mol. The molecule has 5 aliphatic rings. The van der Waals surface area contributed by atoms with E-state index in [2.05, 4.69) is 0 Å². The van der Waals surface area contributed by atoms with Crippen LogP contribution in [0.15, 0.2) is 0 Å². The molecule has 0 amide bonds. The fraction of sp³-hybridized carbons (Fsp3) is 1.00. The summed E-state index contributed by atoms with van der Waals surface area (Å²) in [5, 5.41) is 73.9. The molecule has 4 aliphatic heterocycles. The fourth-order valence-electron chi connectivity index (χ4n) is 6.49. The van der Waals surface area contributed by atoms with Gasteiger partial charge < -0.3 is 97.6 Å². The summed E-state index contributed by atoms with van der Waals surface area (Å²) in [5.41, 5.74) is 30.3. The highest BCUT2D eigenvalue weighted by Gasteiger charge is 2.55. The van der Waals surface area contributed by atoms with Crippen molar-refractivity contribution >= 4 is 0 Å². The highest BCUT2D eigenvalue weighted by Crippen LogP contribution is 2.35. The van der Waals surface area contributed by atoms with E-state index in [0.717, 1.165) is 0 Å². The number of rotatable bonds is 8. The van der Waals surface area contributed by atoms with Crippen LogP contribution < -0.4 is 28.7 Å². The lowest BCUT2D eigenvalue weighted by Gasteiger charge is -2.49. The van der Waals surface area contributed by atoms with Gasteiger partial charge in [-0.05, 0) is 12.8 Å². The van der Waals surface area contributed by atoms with Crippen molar-refractivity contribution in [1.29, 1.82) is 0 Å². The summed E-state index contributed by atoms with van der Waals surface area (Å²) < 4.78 is 40.7. The predicted octanol–water partition coefficient (Wildman–Crippen LogP) is -8.07. The lowest BCUT2D eigenvalue weighted by molar-refractivity contribution is -0.328. The SMILES string of the molecule is NC[C@@H]1O[C@H](O[C@H]2[C@@H](O)[C@H](O[C@@H]3[C@@H](O)[C@H](N)C[C@H](N)[C@H]3O[C@H]3O[C@H]4[C@@H](OCC[C@H]4O)[C@H](O)[C@H]3N)O[C@@H]2CO)[C@H](N)[C@@H](O)[C@@H]1O. The van der Waals surface area contributed by atoms with Gasteiger partial charge in [-0.25, -0.2) is 0 Å². The van der Waals surface area contributed by atoms with Gasteiger partial charge in [-0.3, -0.25) is 0 Å². The molecule has 5 rings (SSSR count). The molecule has 19 nitrogen and oxygen atoms in total. The second-order valence-corrected chi connectivity index (χ2v) is 12.1. The summed E-state index contributed by atoms with van der Waals surface area (Å²) in [7, 11) is 0. The Kier molecular flexibility index (Phi) is 11.1. The zero-order chi connectivity index (χ0) is 32.0. The molecule has 5 fully saturated rings. The Balaban J connectivity index is 1.30. The first kappa shape index (κ1) is 34.6. The molecule has 256 valence electrons. The molecule has 0 aromatic carbocycles. The summed E-state index contributed by atoms with van der Waals surface area (Å²) in [6.07, 6.45) is -19.6. The molecular formula is C25H47N5O14. The molecule has 0 unspecified atom stereocenters. The van der Waals surface area contributed by atoms with Crippen molar-refractivity contribution in [3.05, 3.63) is 0 Å². The van der Waals surface area contributed by atoms with Crippen molar-refractivity contribution < 1.29 is 68.9 Å². The van der Waals surface area contributed by atoms with Crippen LogP contribution >= 0.6 is 0 Å². The average Bonchev–Trinajstić information content (AvgIpc) is 3.30. The second kappa shape index (κ2) is 14.2. The molecule has 19 heteroatoms. The molecule has 17 N–H and O–H groups in total. The quantitative estimate of drug-likeness (QED) is 0.117. The highest BCUT2D eigenvalue weighted by molar-refractivity contribution is 5.03. The lowest BCUT2D eigenvalue weighted by Crippen LogP contribution is -2.69. The number of hydrogen-bond acceptors (Lipinski definition) is 19. The third-order valence-electron chi connectivity index (χ3n) is 9.15. The highest BCUT2D eigenvalue weighted by atomic mass is 16.8. The summed E-state index contributed by atoms with van der Waals surface area (Å²) in [6, 6.07) is -4.08. The van der Waals surface area contributed by atoms with Crippen molar-refractivity contribution in [2.45, 2.75) is 135 Å². The summed E-state index contributed by atoms with van der Waals surface area (Å²) >= 11 is 0. The van der Waals surface area contributed by atoms with E-state index < -0.39 is 129 Å². The van der Waals surface area contributed by atoms with Crippen molar-refractivity contribution in [3.63, 3.8) is 0 Å². The Bertz CT molecular complexity index is 946. The minimum atomic E-state index is -1.60. The zero-order valence-electron chi connectivity index (χ0n) is 24.0. The van der Waals surface area contributed by atoms with Crippen LogP contribution in [0.4, 0.5) is 0 Å². The maximum atomic E-state index is 11.2. The first-order chi connectivity index (χ1) is 20.9. The van der Waals surface area contributed by atoms with Crippen molar-refractivity contribution in [2.75, 3.05) is 19.8 Å². The van der Waals surface area contributed by atoms with Crippen LogP contribution in [0.3, 0.4) is 0 Å². The molecule has 0 spiro atoms. The van der Waals surface area contributed by atoms with E-state index >= 15 is 0 Å². The zero-order valence-corrected chi connectivity index (χ0v) is 24.0. The van der Waals surface area contributed by atoms with E-state index in [1.165, 1.54) is 0 Å². The molecule has 0 radical (unpaired) electrons. The van der Waals surface area contributed by atoms with Crippen LogP contribution in [0.2, 0.25) is 0 Å². The Hall–Kier alpha value is -0.760. The molecule has 0 bridgehead atoms. The first-order valence-corrected chi connectivity index (χ1v) is 14.8. The molecule has 4 heterocycles. The Labute approximate surface area is 253 Å². The van der Waals surface area contributed by atoms with Crippen molar-refractivity contribution in [3.8, 4) is 0 Å². The average molecular weight is 642 g/mol. The number of aliphatic hydroxyl groups is 7. The Morgan fingerprint density at radius 1 is 0.614 bits per heavy atom. The first-order valence-electron chi connectivity index (χ1n) is 14.8. The summed E-state index contributed by atoms with van der Waals surface area (Å²) in [4.78, 5) is 0. The molecule has 4 saturated heterocycles. The van der Waals surface area contributed by atoms with E-state index in [1.54, 1.807) is 0 Å². The molecule has 20 atom stereocenters. The Morgan fingerprint density at radius 3 is 1.91 bits per heavy atom. The van der Waals surface area contributed by atoms with Gasteiger partial charge in [0.2, 0.25) is 0 Å². The van der Waals surface area contributed by atoms with Gasteiger partial charge in [0.25, 0.3) is 0 Å². The number of aliphatic hydroxyl groups excluding tert-OH is 7. The van der Waals surface area contributed by atoms with Gasteiger partial charge in [0.15, 0.2) is 18.9 Å². The molecule has 1 aliphatic carbocycles. The maximum absolute atomic E-state index is 11.2. The largest absolute Gasteiger partial charge is 0.394 e. The van der Waals surface area contributed by atoms with Crippen molar-refractivity contribution in [1.82, 2.24) is 0 Å². The third kappa shape index (κ3) is 6.52. The molecule has 0 aromatic rings. The number of fused-ring (bicyclic) bond motifs is 1. The van der Waals surface area contributed by atoms with Gasteiger partial charge in [-0.2, -0.15) is 0 Å². The summed E-state index contributed by atoms with van der Waals surface area (Å²) in [5.74, 6) is 0. The molecule has 1 saturated carbocycles. The van der Waals surface area contributed by atoms with Gasteiger partial charge in [-0.15, -0.1) is 0 Å². The predicted molar refractivity (Wildman–Crippen MR) is 144 cm³/mol. The molecular weight excluding hydrogens is 594 g/mol. The normalized spacial score (nSPS) is 55.1.